The molecule has 2 amide bonds. The molecule has 1 fully saturated rings. The first-order valence-electron chi connectivity index (χ1n) is 10.2. The second-order valence-corrected chi connectivity index (χ2v) is 7.72. The summed E-state index contributed by atoms with van der Waals surface area (Å²) in [5, 5.41) is 4.73. The molecule has 1 N–H and O–H groups in total. The first-order chi connectivity index (χ1) is 15.5. The molecule has 1 aliphatic heterocycles. The average molecular weight is 422 g/mol. The van der Waals surface area contributed by atoms with Gasteiger partial charge in [-0.2, -0.15) is 0 Å². The van der Waals surface area contributed by atoms with Gasteiger partial charge in [0.15, 0.2) is 5.78 Å². The van der Waals surface area contributed by atoms with E-state index in [1.807, 2.05) is 60.7 Å². The number of carbonyl (C=O) groups excluding carboxylic acids is 4. The third-order valence-electron chi connectivity index (χ3n) is 5.79. The normalized spacial score (nSPS) is 15.5. The minimum absolute atomic E-state index is 0.0896. The number of hydrogen-bond donors (Lipinski definition) is 1. The van der Waals surface area contributed by atoms with Crippen molar-refractivity contribution in [1.29, 1.82) is 0 Å². The van der Waals surface area contributed by atoms with E-state index in [1.165, 1.54) is 6.08 Å². The first kappa shape index (κ1) is 19.6. The van der Waals surface area contributed by atoms with E-state index in [9.17, 15) is 19.2 Å². The number of imide groups is 1. The molecule has 0 atom stereocenters. The maximum absolute atomic E-state index is 13.7. The number of rotatable bonds is 2. The van der Waals surface area contributed by atoms with Gasteiger partial charge in [-0.15, -0.1) is 0 Å². The van der Waals surface area contributed by atoms with E-state index in [1.54, 1.807) is 17.6 Å². The number of benzene rings is 3. The van der Waals surface area contributed by atoms with Gasteiger partial charge in [-0.05, 0) is 35.9 Å². The van der Waals surface area contributed by atoms with E-state index in [0.29, 0.717) is 22.3 Å². The Bertz CT molecular complexity index is 1480. The van der Waals surface area contributed by atoms with Crippen LogP contribution in [-0.2, 0) is 14.4 Å². The van der Waals surface area contributed by atoms with Crippen molar-refractivity contribution >= 4 is 51.3 Å². The van der Waals surface area contributed by atoms with Gasteiger partial charge in [0.25, 0.3) is 11.8 Å². The standard InChI is InChI=1S/C26H18N2O4/c1-15-20(13-21-23(29)14-24(30)27-25(21)31)18-10-4-5-12-22(18)28(15)26(32)19-11-6-8-16-7-2-3-9-17(16)19/h2-13H,14H2,1H3,(H,27,30,31)/b21-13-. The van der Waals surface area contributed by atoms with E-state index in [4.69, 9.17) is 0 Å². The lowest BCUT2D eigenvalue weighted by molar-refractivity contribution is -0.134. The minimum atomic E-state index is -0.720. The molecule has 6 nitrogen and oxygen atoms in total. The third-order valence-corrected chi connectivity index (χ3v) is 5.79. The van der Waals surface area contributed by atoms with Crippen LogP contribution in [0.15, 0.2) is 72.3 Å². The number of aromatic nitrogens is 1. The van der Waals surface area contributed by atoms with Crippen molar-refractivity contribution < 1.29 is 19.2 Å². The fourth-order valence-corrected chi connectivity index (χ4v) is 4.26. The van der Waals surface area contributed by atoms with Crippen molar-refractivity contribution in [2.45, 2.75) is 13.3 Å². The molecule has 3 aromatic carbocycles. The summed E-state index contributed by atoms with van der Waals surface area (Å²) in [7, 11) is 0. The first-order valence-corrected chi connectivity index (χ1v) is 10.2. The molecule has 1 aliphatic rings. The number of carbonyl (C=O) groups is 4. The van der Waals surface area contributed by atoms with Gasteiger partial charge in [-0.3, -0.25) is 29.1 Å². The highest BCUT2D eigenvalue weighted by atomic mass is 16.2. The molecule has 2 heterocycles. The molecule has 0 unspecified atom stereocenters. The molecule has 0 radical (unpaired) electrons. The maximum Gasteiger partial charge on any atom is 0.263 e. The summed E-state index contributed by atoms with van der Waals surface area (Å²) in [5.74, 6) is -2.06. The van der Waals surface area contributed by atoms with Crippen LogP contribution < -0.4 is 5.32 Å². The SMILES string of the molecule is Cc1c(/C=C2/C(=O)CC(=O)NC2=O)c2ccccc2n1C(=O)c1cccc2ccccc12. The monoisotopic (exact) mass is 422 g/mol. The van der Waals surface area contributed by atoms with Gasteiger partial charge in [-0.1, -0.05) is 54.6 Å². The Labute approximate surface area is 183 Å². The zero-order valence-electron chi connectivity index (χ0n) is 17.2. The Hall–Kier alpha value is -4.32. The molecule has 1 saturated heterocycles. The highest BCUT2D eigenvalue weighted by Gasteiger charge is 2.29. The molecule has 156 valence electrons. The van der Waals surface area contributed by atoms with Crippen LogP contribution in [0.2, 0.25) is 0 Å². The van der Waals surface area contributed by atoms with Crippen LogP contribution in [-0.4, -0.2) is 28.1 Å². The quantitative estimate of drug-likeness (QED) is 0.231. The van der Waals surface area contributed by atoms with Gasteiger partial charge < -0.3 is 0 Å². The number of para-hydroxylation sites is 1. The number of hydrogen-bond acceptors (Lipinski definition) is 4. The summed E-state index contributed by atoms with van der Waals surface area (Å²) in [4.78, 5) is 49.8. The van der Waals surface area contributed by atoms with Crippen molar-refractivity contribution in [3.8, 4) is 0 Å². The Morgan fingerprint density at radius 2 is 1.59 bits per heavy atom. The molecule has 0 aliphatic carbocycles. The predicted octanol–water partition coefficient (Wildman–Crippen LogP) is 3.79. The lowest BCUT2D eigenvalue weighted by atomic mass is 9.99. The molecule has 6 heteroatoms. The van der Waals surface area contributed by atoms with Crippen LogP contribution >= 0.6 is 0 Å². The van der Waals surface area contributed by atoms with E-state index >= 15 is 0 Å². The molecule has 1 aromatic heterocycles. The summed E-state index contributed by atoms with van der Waals surface area (Å²) in [5.41, 5.74) is 2.35. The zero-order chi connectivity index (χ0) is 22.4. The van der Waals surface area contributed by atoms with Crippen LogP contribution in [0.4, 0.5) is 0 Å². The lowest BCUT2D eigenvalue weighted by Crippen LogP contribution is -2.40. The van der Waals surface area contributed by atoms with Crippen LogP contribution in [0.3, 0.4) is 0 Å². The number of ketones is 1. The Morgan fingerprint density at radius 1 is 0.906 bits per heavy atom. The van der Waals surface area contributed by atoms with Crippen molar-refractivity contribution in [3.63, 3.8) is 0 Å². The topological polar surface area (TPSA) is 85.2 Å². The van der Waals surface area contributed by atoms with Gasteiger partial charge >= 0.3 is 0 Å². The fraction of sp³-hybridized carbons (Fsp3) is 0.0769. The van der Waals surface area contributed by atoms with Crippen molar-refractivity contribution in [2.75, 3.05) is 0 Å². The Morgan fingerprint density at radius 3 is 2.38 bits per heavy atom. The number of nitrogens with zero attached hydrogens (tertiary/aromatic N) is 1. The van der Waals surface area contributed by atoms with Crippen molar-refractivity contribution in [1.82, 2.24) is 9.88 Å². The summed E-state index contributed by atoms with van der Waals surface area (Å²) >= 11 is 0. The van der Waals surface area contributed by atoms with Crippen LogP contribution in [0.25, 0.3) is 27.8 Å². The highest BCUT2D eigenvalue weighted by molar-refractivity contribution is 6.33. The smallest absolute Gasteiger partial charge is 0.263 e. The number of nitrogens with one attached hydrogen (secondary N) is 1. The van der Waals surface area contributed by atoms with Gasteiger partial charge in [0.05, 0.1) is 17.5 Å². The van der Waals surface area contributed by atoms with Crippen molar-refractivity contribution in [2.24, 2.45) is 0 Å². The van der Waals surface area contributed by atoms with E-state index in [0.717, 1.165) is 16.2 Å². The molecule has 5 rings (SSSR count). The average Bonchev–Trinajstić information content (AvgIpc) is 3.06. The molecule has 0 spiro atoms. The summed E-state index contributed by atoms with van der Waals surface area (Å²) in [6.45, 7) is 1.78. The maximum atomic E-state index is 13.7. The number of fused-ring (bicyclic) bond motifs is 2. The van der Waals surface area contributed by atoms with Crippen LogP contribution in [0.5, 0.6) is 0 Å². The predicted molar refractivity (Wildman–Crippen MR) is 121 cm³/mol. The lowest BCUT2D eigenvalue weighted by Gasteiger charge is -2.13. The van der Waals surface area contributed by atoms with Gasteiger partial charge in [0, 0.05) is 22.2 Å². The molecule has 32 heavy (non-hydrogen) atoms. The third kappa shape index (κ3) is 3.04. The van der Waals surface area contributed by atoms with Crippen LogP contribution in [0.1, 0.15) is 28.0 Å². The van der Waals surface area contributed by atoms with Gasteiger partial charge in [0.1, 0.15) is 0 Å². The molecule has 0 saturated carbocycles. The fourth-order valence-electron chi connectivity index (χ4n) is 4.26. The zero-order valence-corrected chi connectivity index (χ0v) is 17.2. The second kappa shape index (κ2) is 7.42. The molecular formula is C26H18N2O4. The Kier molecular flexibility index (Phi) is 4.56. The van der Waals surface area contributed by atoms with Crippen LogP contribution in [0, 0.1) is 6.92 Å². The summed E-state index contributed by atoms with van der Waals surface area (Å²) in [6, 6.07) is 20.6. The largest absolute Gasteiger partial charge is 0.293 e. The summed E-state index contributed by atoms with van der Waals surface area (Å²) in [6.07, 6.45) is 1.11. The van der Waals surface area contributed by atoms with Gasteiger partial charge in [0.2, 0.25) is 5.91 Å². The van der Waals surface area contributed by atoms with E-state index in [-0.39, 0.29) is 17.9 Å². The minimum Gasteiger partial charge on any atom is -0.293 e. The molecule has 0 bridgehead atoms. The molecular weight excluding hydrogens is 404 g/mol. The van der Waals surface area contributed by atoms with Gasteiger partial charge in [-0.25, -0.2) is 0 Å². The number of Topliss-reactive ketones (excluding diaryl/α,β-unsaturated/α-hetero) is 1. The number of piperidine rings is 1. The molecule has 4 aromatic rings. The Balaban J connectivity index is 1.73. The summed E-state index contributed by atoms with van der Waals surface area (Å²) < 4.78 is 1.61. The highest BCUT2D eigenvalue weighted by Crippen LogP contribution is 2.30. The van der Waals surface area contributed by atoms with E-state index in [2.05, 4.69) is 5.32 Å². The number of amides is 2. The van der Waals surface area contributed by atoms with Crippen molar-refractivity contribution in [3.05, 3.63) is 89.1 Å². The van der Waals surface area contributed by atoms with E-state index < -0.39 is 17.6 Å². The second-order valence-electron chi connectivity index (χ2n) is 7.72.